The van der Waals surface area contributed by atoms with E-state index in [-0.39, 0.29) is 10.9 Å². The number of nitrogens with zero attached hydrogens (tertiary/aromatic N) is 2. The van der Waals surface area contributed by atoms with Gasteiger partial charge in [-0.3, -0.25) is 9.29 Å². The molecule has 0 aliphatic carbocycles. The zero-order valence-electron chi connectivity index (χ0n) is 12.3. The van der Waals surface area contributed by atoms with Crippen LogP contribution < -0.4 is 4.31 Å². The molecule has 22 heavy (non-hydrogen) atoms. The molecule has 116 valence electrons. The molecule has 1 aromatic heterocycles. The van der Waals surface area contributed by atoms with E-state index in [0.29, 0.717) is 25.3 Å². The molecular weight excluding hydrogens is 300 g/mol. The van der Waals surface area contributed by atoms with Gasteiger partial charge in [-0.05, 0) is 37.1 Å². The first-order valence-electron chi connectivity index (χ1n) is 7.18. The van der Waals surface area contributed by atoms with Gasteiger partial charge in [0.1, 0.15) is 4.90 Å². The highest BCUT2D eigenvalue weighted by molar-refractivity contribution is 7.92. The number of aromatic nitrogens is 1. The van der Waals surface area contributed by atoms with Gasteiger partial charge >= 0.3 is 0 Å². The predicted molar refractivity (Wildman–Crippen MR) is 84.3 cm³/mol. The Labute approximate surface area is 130 Å². The van der Waals surface area contributed by atoms with Crippen LogP contribution in [-0.2, 0) is 14.8 Å². The summed E-state index contributed by atoms with van der Waals surface area (Å²) in [5.74, 6) is 0. The fourth-order valence-corrected chi connectivity index (χ4v) is 4.32. The molecule has 5 nitrogen and oxygen atoms in total. The number of hydrogen-bond donors (Lipinski definition) is 0. The van der Waals surface area contributed by atoms with Crippen molar-refractivity contribution in [2.75, 3.05) is 17.5 Å². The lowest BCUT2D eigenvalue weighted by Gasteiger charge is -2.29. The Balaban J connectivity index is 2.08. The molecule has 3 rings (SSSR count). The smallest absolute Gasteiger partial charge is 0.266 e. The standard InChI is InChI=1S/C16H18N2O3S/c1-13-9-16(11-17-10-13)22(19,20)18(15-7-8-21-12-15)14-5-3-2-4-6-14/h2-6,9-11,15H,7-8,12H2,1H3. The van der Waals surface area contributed by atoms with Crippen molar-refractivity contribution in [3.63, 3.8) is 0 Å². The van der Waals surface area contributed by atoms with E-state index < -0.39 is 10.0 Å². The zero-order valence-corrected chi connectivity index (χ0v) is 13.2. The molecule has 1 atom stereocenters. The highest BCUT2D eigenvalue weighted by atomic mass is 32.2. The molecule has 1 fully saturated rings. The third kappa shape index (κ3) is 2.84. The highest BCUT2D eigenvalue weighted by Crippen LogP contribution is 2.29. The normalized spacial score (nSPS) is 18.3. The summed E-state index contributed by atoms with van der Waals surface area (Å²) in [6.07, 6.45) is 3.73. The maximum Gasteiger partial charge on any atom is 0.266 e. The molecule has 1 aromatic carbocycles. The molecule has 0 bridgehead atoms. The fraction of sp³-hybridized carbons (Fsp3) is 0.312. The van der Waals surface area contributed by atoms with Crippen LogP contribution in [0.2, 0.25) is 0 Å². The first-order valence-corrected chi connectivity index (χ1v) is 8.62. The summed E-state index contributed by atoms with van der Waals surface area (Å²) < 4.78 is 33.1. The summed E-state index contributed by atoms with van der Waals surface area (Å²) in [6, 6.07) is 10.6. The van der Waals surface area contributed by atoms with Crippen molar-refractivity contribution in [2.24, 2.45) is 0 Å². The van der Waals surface area contributed by atoms with Crippen molar-refractivity contribution in [3.8, 4) is 0 Å². The summed E-state index contributed by atoms with van der Waals surface area (Å²) in [4.78, 5) is 4.23. The molecule has 1 saturated heterocycles. The van der Waals surface area contributed by atoms with Crippen molar-refractivity contribution in [1.29, 1.82) is 0 Å². The van der Waals surface area contributed by atoms with E-state index in [9.17, 15) is 8.42 Å². The lowest BCUT2D eigenvalue weighted by molar-refractivity contribution is 0.194. The number of benzene rings is 1. The minimum absolute atomic E-state index is 0.187. The number of ether oxygens (including phenoxy) is 1. The Morgan fingerprint density at radius 2 is 2.00 bits per heavy atom. The SMILES string of the molecule is Cc1cncc(S(=O)(=O)N(c2ccccc2)C2CCOC2)c1. The second-order valence-electron chi connectivity index (χ2n) is 5.35. The van der Waals surface area contributed by atoms with Crippen LogP contribution in [0, 0.1) is 6.92 Å². The van der Waals surface area contributed by atoms with Gasteiger partial charge in [0, 0.05) is 19.0 Å². The maximum absolute atomic E-state index is 13.1. The van der Waals surface area contributed by atoms with E-state index >= 15 is 0 Å². The Bertz CT molecular complexity index is 741. The van der Waals surface area contributed by atoms with Crippen LogP contribution in [0.4, 0.5) is 5.69 Å². The first-order chi connectivity index (χ1) is 10.6. The van der Waals surface area contributed by atoms with Crippen molar-refractivity contribution >= 4 is 15.7 Å². The monoisotopic (exact) mass is 318 g/mol. The minimum Gasteiger partial charge on any atom is -0.379 e. The fourth-order valence-electron chi connectivity index (χ4n) is 2.61. The topological polar surface area (TPSA) is 59.5 Å². The van der Waals surface area contributed by atoms with Crippen LogP contribution in [0.25, 0.3) is 0 Å². The second-order valence-corrected chi connectivity index (χ2v) is 7.17. The predicted octanol–water partition coefficient (Wildman–Crippen LogP) is 2.37. The third-order valence-electron chi connectivity index (χ3n) is 3.65. The number of pyridine rings is 1. The molecule has 1 unspecified atom stereocenters. The summed E-state index contributed by atoms with van der Waals surface area (Å²) in [7, 11) is -3.67. The van der Waals surface area contributed by atoms with Gasteiger partial charge in [0.2, 0.25) is 0 Å². The van der Waals surface area contributed by atoms with Gasteiger partial charge in [0.15, 0.2) is 0 Å². The van der Waals surface area contributed by atoms with E-state index in [1.807, 2.05) is 25.1 Å². The van der Waals surface area contributed by atoms with E-state index in [4.69, 9.17) is 4.74 Å². The Kier molecular flexibility index (Phi) is 4.13. The van der Waals surface area contributed by atoms with Crippen molar-refractivity contribution in [1.82, 2.24) is 4.98 Å². The van der Waals surface area contributed by atoms with Gasteiger partial charge in [0.25, 0.3) is 10.0 Å². The Morgan fingerprint density at radius 1 is 1.23 bits per heavy atom. The summed E-state index contributed by atoms with van der Waals surface area (Å²) in [6.45, 7) is 2.82. The first kappa shape index (κ1) is 15.0. The molecule has 0 saturated carbocycles. The van der Waals surface area contributed by atoms with Crippen LogP contribution in [0.5, 0.6) is 0 Å². The lowest BCUT2D eigenvalue weighted by atomic mass is 10.2. The van der Waals surface area contributed by atoms with Gasteiger partial charge in [-0.2, -0.15) is 0 Å². The molecule has 1 aliphatic rings. The van der Waals surface area contributed by atoms with Gasteiger partial charge in [0.05, 0.1) is 18.3 Å². The molecule has 0 amide bonds. The minimum atomic E-state index is -3.67. The second kappa shape index (κ2) is 6.06. The van der Waals surface area contributed by atoms with Crippen LogP contribution in [0.1, 0.15) is 12.0 Å². The number of aryl methyl sites for hydroxylation is 1. The quantitative estimate of drug-likeness (QED) is 0.868. The zero-order chi connectivity index (χ0) is 15.6. The van der Waals surface area contributed by atoms with E-state index in [1.165, 1.54) is 10.5 Å². The van der Waals surface area contributed by atoms with E-state index in [1.54, 1.807) is 24.4 Å². The molecule has 2 aromatic rings. The average molecular weight is 318 g/mol. The summed E-state index contributed by atoms with van der Waals surface area (Å²) in [5, 5.41) is 0. The lowest BCUT2D eigenvalue weighted by Crippen LogP contribution is -2.41. The van der Waals surface area contributed by atoms with Crippen LogP contribution >= 0.6 is 0 Å². The number of sulfonamides is 1. The molecule has 2 heterocycles. The summed E-state index contributed by atoms with van der Waals surface area (Å²) >= 11 is 0. The molecule has 6 heteroatoms. The largest absolute Gasteiger partial charge is 0.379 e. The Morgan fingerprint density at radius 3 is 2.64 bits per heavy atom. The third-order valence-corrected chi connectivity index (χ3v) is 5.50. The molecule has 1 aliphatic heterocycles. The average Bonchev–Trinajstić information content (AvgIpc) is 3.02. The van der Waals surface area contributed by atoms with E-state index in [2.05, 4.69) is 4.98 Å². The number of anilines is 1. The van der Waals surface area contributed by atoms with Gasteiger partial charge in [-0.15, -0.1) is 0 Å². The van der Waals surface area contributed by atoms with Crippen LogP contribution in [-0.4, -0.2) is 32.7 Å². The van der Waals surface area contributed by atoms with Crippen LogP contribution in [0.3, 0.4) is 0 Å². The molecular formula is C16H18N2O3S. The number of rotatable bonds is 4. The molecule has 0 N–H and O–H groups in total. The summed E-state index contributed by atoms with van der Waals surface area (Å²) in [5.41, 5.74) is 1.47. The Hall–Kier alpha value is -1.92. The maximum atomic E-state index is 13.1. The van der Waals surface area contributed by atoms with Gasteiger partial charge in [-0.1, -0.05) is 18.2 Å². The van der Waals surface area contributed by atoms with E-state index in [0.717, 1.165) is 5.56 Å². The van der Waals surface area contributed by atoms with Crippen LogP contribution in [0.15, 0.2) is 53.7 Å². The molecule has 0 radical (unpaired) electrons. The highest BCUT2D eigenvalue weighted by Gasteiger charge is 2.34. The van der Waals surface area contributed by atoms with Crippen molar-refractivity contribution < 1.29 is 13.2 Å². The number of para-hydroxylation sites is 1. The molecule has 0 spiro atoms. The van der Waals surface area contributed by atoms with Crippen molar-refractivity contribution in [2.45, 2.75) is 24.3 Å². The number of hydrogen-bond acceptors (Lipinski definition) is 4. The van der Waals surface area contributed by atoms with Crippen molar-refractivity contribution in [3.05, 3.63) is 54.4 Å². The van der Waals surface area contributed by atoms with Gasteiger partial charge < -0.3 is 4.74 Å². The van der Waals surface area contributed by atoms with Gasteiger partial charge in [-0.25, -0.2) is 8.42 Å².